The lowest BCUT2D eigenvalue weighted by atomic mass is 9.87. The van der Waals surface area contributed by atoms with Gasteiger partial charge in [-0.15, -0.1) is 0 Å². The van der Waals surface area contributed by atoms with E-state index in [4.69, 9.17) is 23.2 Å². The van der Waals surface area contributed by atoms with Crippen molar-refractivity contribution in [3.8, 4) is 0 Å². The molecule has 4 heteroatoms. The third-order valence-corrected chi connectivity index (χ3v) is 6.46. The smallest absolute Gasteiger partial charge is 0.0671 e. The summed E-state index contributed by atoms with van der Waals surface area (Å²) in [5.74, 6) is 0. The fourth-order valence-electron chi connectivity index (χ4n) is 3.98. The zero-order valence-corrected chi connectivity index (χ0v) is 15.9. The fraction of sp³-hybridized carbons (Fsp3) is 0.100. The van der Waals surface area contributed by atoms with Crippen LogP contribution >= 0.6 is 39.3 Å². The molecule has 0 saturated heterocycles. The lowest BCUT2D eigenvalue weighted by molar-refractivity contribution is 1.20. The molecule has 24 heavy (non-hydrogen) atoms. The van der Waals surface area contributed by atoms with Crippen LogP contribution < -0.4 is 3.93 Å². The second kappa shape index (κ2) is 5.01. The Kier molecular flexibility index (Phi) is 3.10. The van der Waals surface area contributed by atoms with Gasteiger partial charge < -0.3 is 3.93 Å². The molecule has 0 radical (unpaired) electrons. The number of nitrogens with zero attached hydrogens (tertiary/aromatic N) is 1. The van der Waals surface area contributed by atoms with Gasteiger partial charge in [0.15, 0.2) is 0 Å². The Hall–Kier alpha value is -1.48. The van der Waals surface area contributed by atoms with Crippen molar-refractivity contribution >= 4 is 83.4 Å². The van der Waals surface area contributed by atoms with Crippen molar-refractivity contribution < 1.29 is 0 Å². The maximum atomic E-state index is 6.50. The standard InChI is InChI=1S/C20H12BrCl2N/c1-10-12-6-7-15-17-11(9-16(22)19(15)23)4-5-13(18(12)17)14-3-2-8-24(21)20(10)14/h2-7,9H,8H2,1H3. The van der Waals surface area contributed by atoms with Crippen LogP contribution in [0.5, 0.6) is 0 Å². The Labute approximate surface area is 158 Å². The van der Waals surface area contributed by atoms with Crippen molar-refractivity contribution in [1.82, 2.24) is 0 Å². The zero-order chi connectivity index (χ0) is 16.6. The van der Waals surface area contributed by atoms with Gasteiger partial charge in [0.25, 0.3) is 0 Å². The molecule has 0 aromatic heterocycles. The summed E-state index contributed by atoms with van der Waals surface area (Å²) >= 11 is 16.5. The second-order valence-corrected chi connectivity index (χ2v) is 7.90. The lowest BCUT2D eigenvalue weighted by Crippen LogP contribution is -2.15. The Balaban J connectivity index is 2.12. The molecule has 0 aliphatic carbocycles. The summed E-state index contributed by atoms with van der Waals surface area (Å²) in [4.78, 5) is 0. The summed E-state index contributed by atoms with van der Waals surface area (Å²) < 4.78 is 2.13. The zero-order valence-electron chi connectivity index (χ0n) is 12.8. The molecule has 5 rings (SSSR count). The van der Waals surface area contributed by atoms with E-state index in [-0.39, 0.29) is 0 Å². The van der Waals surface area contributed by atoms with Crippen LogP contribution in [0.15, 0.2) is 36.4 Å². The highest BCUT2D eigenvalue weighted by Crippen LogP contribution is 2.47. The fourth-order valence-corrected chi connectivity index (χ4v) is 5.04. The second-order valence-electron chi connectivity index (χ2n) is 6.25. The maximum absolute atomic E-state index is 6.50. The Morgan fingerprint density at radius 1 is 1.00 bits per heavy atom. The van der Waals surface area contributed by atoms with E-state index in [1.807, 2.05) is 6.07 Å². The van der Waals surface area contributed by atoms with E-state index in [0.717, 1.165) is 17.3 Å². The first-order valence-electron chi connectivity index (χ1n) is 7.77. The number of hydrogen-bond donors (Lipinski definition) is 0. The van der Waals surface area contributed by atoms with Gasteiger partial charge in [0.05, 0.1) is 15.7 Å². The summed E-state index contributed by atoms with van der Waals surface area (Å²) in [6.45, 7) is 3.05. The number of hydrogen-bond acceptors (Lipinski definition) is 1. The molecule has 1 nitrogen and oxygen atoms in total. The number of aryl methyl sites for hydroxylation is 1. The van der Waals surface area contributed by atoms with E-state index in [1.165, 1.54) is 38.4 Å². The lowest BCUT2D eigenvalue weighted by Gasteiger charge is -2.27. The summed E-state index contributed by atoms with van der Waals surface area (Å²) in [6, 6.07) is 10.6. The molecular formula is C20H12BrCl2N. The maximum Gasteiger partial charge on any atom is 0.0671 e. The number of fused-ring (bicyclic) bond motifs is 2. The molecular weight excluding hydrogens is 405 g/mol. The van der Waals surface area contributed by atoms with Gasteiger partial charge in [-0.1, -0.05) is 59.6 Å². The molecule has 0 fully saturated rings. The minimum absolute atomic E-state index is 0.604. The Morgan fingerprint density at radius 3 is 2.58 bits per heavy atom. The van der Waals surface area contributed by atoms with Crippen molar-refractivity contribution in [2.45, 2.75) is 6.92 Å². The first-order chi connectivity index (χ1) is 11.6. The molecule has 0 saturated carbocycles. The van der Waals surface area contributed by atoms with Crippen LogP contribution in [0.1, 0.15) is 11.1 Å². The molecule has 0 amide bonds. The van der Waals surface area contributed by atoms with E-state index in [2.05, 4.69) is 63.4 Å². The molecule has 0 spiro atoms. The Bertz CT molecular complexity index is 1180. The number of rotatable bonds is 0. The molecule has 0 N–H and O–H groups in total. The predicted octanol–water partition coefficient (Wildman–Crippen LogP) is 7.34. The minimum Gasteiger partial charge on any atom is -0.304 e. The van der Waals surface area contributed by atoms with Crippen LogP contribution in [0, 0.1) is 6.92 Å². The third-order valence-electron chi connectivity index (χ3n) is 5.02. The van der Waals surface area contributed by atoms with Gasteiger partial charge in [-0.05, 0) is 45.5 Å². The topological polar surface area (TPSA) is 3.24 Å². The van der Waals surface area contributed by atoms with Crippen molar-refractivity contribution in [3.05, 3.63) is 57.6 Å². The number of anilines is 1. The SMILES string of the molecule is Cc1c2c(c3ccc4cc(Cl)c(Cl)c5ccc1c3c45)C=CCN2Br. The highest BCUT2D eigenvalue weighted by Gasteiger charge is 2.22. The van der Waals surface area contributed by atoms with E-state index >= 15 is 0 Å². The molecule has 0 atom stereocenters. The first-order valence-corrected chi connectivity index (χ1v) is 9.23. The van der Waals surface area contributed by atoms with E-state index < -0.39 is 0 Å². The quantitative estimate of drug-likeness (QED) is 0.214. The molecule has 0 bridgehead atoms. The summed E-state index contributed by atoms with van der Waals surface area (Å²) in [5, 5.41) is 8.37. The summed E-state index contributed by atoms with van der Waals surface area (Å²) in [7, 11) is 0. The van der Waals surface area contributed by atoms with Gasteiger partial charge in [0.2, 0.25) is 0 Å². The predicted molar refractivity (Wildman–Crippen MR) is 110 cm³/mol. The average Bonchev–Trinajstić information content (AvgIpc) is 2.58. The van der Waals surface area contributed by atoms with Crippen molar-refractivity contribution in [2.24, 2.45) is 0 Å². The van der Waals surface area contributed by atoms with Crippen LogP contribution in [-0.4, -0.2) is 6.54 Å². The molecule has 1 aliphatic rings. The van der Waals surface area contributed by atoms with Crippen LogP contribution in [0.25, 0.3) is 38.4 Å². The van der Waals surface area contributed by atoms with Crippen LogP contribution in [0.3, 0.4) is 0 Å². The van der Waals surface area contributed by atoms with Gasteiger partial charge in [0.1, 0.15) is 0 Å². The van der Waals surface area contributed by atoms with E-state index in [1.54, 1.807) is 0 Å². The van der Waals surface area contributed by atoms with Gasteiger partial charge in [0, 0.05) is 33.6 Å². The monoisotopic (exact) mass is 415 g/mol. The van der Waals surface area contributed by atoms with Crippen LogP contribution in [-0.2, 0) is 0 Å². The average molecular weight is 417 g/mol. The normalized spacial score (nSPS) is 14.2. The third kappa shape index (κ3) is 1.77. The van der Waals surface area contributed by atoms with Gasteiger partial charge in [-0.2, -0.15) is 0 Å². The summed E-state index contributed by atoms with van der Waals surface area (Å²) in [5.41, 5.74) is 3.77. The Morgan fingerprint density at radius 2 is 1.75 bits per heavy atom. The van der Waals surface area contributed by atoms with Crippen LogP contribution in [0.4, 0.5) is 5.69 Å². The molecule has 4 aromatic rings. The highest BCUT2D eigenvalue weighted by molar-refractivity contribution is 9.10. The van der Waals surface area contributed by atoms with E-state index in [0.29, 0.717) is 10.0 Å². The minimum atomic E-state index is 0.604. The largest absolute Gasteiger partial charge is 0.304 e. The molecule has 118 valence electrons. The number of halogens is 3. The molecule has 0 unspecified atom stereocenters. The van der Waals surface area contributed by atoms with E-state index in [9.17, 15) is 0 Å². The molecule has 1 aliphatic heterocycles. The van der Waals surface area contributed by atoms with Gasteiger partial charge in [-0.25, -0.2) is 0 Å². The van der Waals surface area contributed by atoms with Crippen LogP contribution in [0.2, 0.25) is 10.0 Å². The highest BCUT2D eigenvalue weighted by atomic mass is 79.9. The van der Waals surface area contributed by atoms with Crippen molar-refractivity contribution in [3.63, 3.8) is 0 Å². The first kappa shape index (κ1) is 14.8. The van der Waals surface area contributed by atoms with Crippen molar-refractivity contribution in [1.29, 1.82) is 0 Å². The van der Waals surface area contributed by atoms with Crippen molar-refractivity contribution in [2.75, 3.05) is 10.5 Å². The molecule has 1 heterocycles. The summed E-state index contributed by atoms with van der Waals surface area (Å²) in [6.07, 6.45) is 4.40. The van der Waals surface area contributed by atoms with Gasteiger partial charge >= 0.3 is 0 Å². The molecule has 4 aromatic carbocycles. The number of benzene rings is 4. The van der Waals surface area contributed by atoms with Gasteiger partial charge in [-0.3, -0.25) is 0 Å².